The lowest BCUT2D eigenvalue weighted by Gasteiger charge is -2.39. The maximum atomic E-state index is 14.8. The summed E-state index contributed by atoms with van der Waals surface area (Å²) in [6.07, 6.45) is 1.02. The topological polar surface area (TPSA) is 565 Å². The van der Waals surface area contributed by atoms with E-state index in [1.165, 1.54) is 57.2 Å². The zero-order chi connectivity index (χ0) is 86.8. The number of carbonyl (C=O) groups is 16. The molecule has 3 aromatic rings. The van der Waals surface area contributed by atoms with Crippen LogP contribution >= 0.6 is 32.9 Å². The molecule has 0 saturated carbocycles. The molecule has 2 aromatic carbocycles. The van der Waals surface area contributed by atoms with E-state index in [-0.39, 0.29) is 124 Å². The van der Waals surface area contributed by atoms with Crippen molar-refractivity contribution in [2.75, 3.05) is 45.0 Å². The maximum Gasteiger partial charge on any atom is 0.426 e. The van der Waals surface area contributed by atoms with Crippen molar-refractivity contribution in [1.29, 1.82) is 0 Å². The van der Waals surface area contributed by atoms with E-state index in [4.69, 9.17) is 14.6 Å². The van der Waals surface area contributed by atoms with Gasteiger partial charge in [-0.05, 0) is 125 Å². The molecule has 17 N–H and O–H groups in total. The van der Waals surface area contributed by atoms with Gasteiger partial charge in [0.25, 0.3) is 5.91 Å². The second-order valence-corrected chi connectivity index (χ2v) is 32.4. The minimum absolute atomic E-state index is 0.0166. The molecule has 1 saturated heterocycles. The number of amides is 12. The number of carboxylic acids is 5. The highest BCUT2D eigenvalue weighted by Crippen LogP contribution is 2.26. The van der Waals surface area contributed by atoms with Gasteiger partial charge in [-0.25, -0.2) is 34.4 Å². The number of carboxylic acid groups (broad SMARTS) is 5. The summed E-state index contributed by atoms with van der Waals surface area (Å²) < 4.78 is 10.9. The number of likely N-dealkylation sites (tertiary alicyclic amines) is 1. The van der Waals surface area contributed by atoms with Crippen molar-refractivity contribution in [1.82, 2.24) is 73.5 Å². The average molecular weight is 1700 g/mol. The largest absolute Gasteiger partial charge is 0.508 e. The summed E-state index contributed by atoms with van der Waals surface area (Å²) in [6.45, 7) is 13.2. The van der Waals surface area contributed by atoms with Gasteiger partial charge in [0.1, 0.15) is 48.3 Å². The number of thiazole rings is 1. The van der Waals surface area contributed by atoms with Crippen LogP contribution in [-0.4, -0.2) is 240 Å². The lowest BCUT2D eigenvalue weighted by atomic mass is 9.93. The fourth-order valence-electron chi connectivity index (χ4n) is 12.2. The average Bonchev–Trinajstić information content (AvgIpc) is 1.85. The van der Waals surface area contributed by atoms with Crippen LogP contribution in [0.15, 0.2) is 53.9 Å². The Bertz CT molecular complexity index is 3820. The van der Waals surface area contributed by atoms with Gasteiger partial charge < -0.3 is 92.9 Å². The number of unbranched alkanes of at least 4 members (excludes halogenated alkanes) is 1. The minimum Gasteiger partial charge on any atom is -0.508 e. The number of phenolic OH excluding ortho intramolecular Hbond substituents is 1. The van der Waals surface area contributed by atoms with Gasteiger partial charge in [0, 0.05) is 73.3 Å². The Morgan fingerprint density at radius 1 is 0.650 bits per heavy atom. The number of aromatic hydroxyl groups is 1. The van der Waals surface area contributed by atoms with Crippen LogP contribution in [0.4, 0.5) is 14.4 Å². The Hall–Kier alpha value is -10.6. The van der Waals surface area contributed by atoms with Gasteiger partial charge >= 0.3 is 54.0 Å². The molecular formula is C76H112N14O24S3. The van der Waals surface area contributed by atoms with Crippen LogP contribution in [0, 0.1) is 17.8 Å². The molecule has 12 amide bonds. The number of nitrogens with zero attached hydrogens (tertiary/aromatic N) is 3. The Balaban J connectivity index is 1.22. The van der Waals surface area contributed by atoms with Crippen molar-refractivity contribution in [3.8, 4) is 5.75 Å². The SMILES string of the molecule is CCCC(=O)OCN(C(=O)[C@@H](NC(=O)[C@H]1CCCCN1C)C(C)CC)[C@H](CCc1nc(C(=O)N[C@@H](Cc2ccc(O)cc2)C[C@H](C)C(=O)NNC(=O)OCCSSC[C@@H](C)NC(=O)[C@H](CC(=O)O)NC(=O)[C@H](CC(=O)O)NC(=O)Cc2ccc(CNC(=O)NCCCC[C@H](NC(=O)N[C@@H](CCC(=O)O)C(=O)O)C(=O)O)cc2)cs1)C(C)C. The lowest BCUT2D eigenvalue weighted by Crippen LogP contribution is -2.59. The van der Waals surface area contributed by atoms with Crippen LogP contribution in [0.2, 0.25) is 0 Å². The summed E-state index contributed by atoms with van der Waals surface area (Å²) in [5.74, 6) is -13.1. The highest BCUT2D eigenvalue weighted by molar-refractivity contribution is 8.76. The zero-order valence-corrected chi connectivity index (χ0v) is 69.3. The number of rotatable bonds is 52. The highest BCUT2D eigenvalue weighted by Gasteiger charge is 2.39. The first-order chi connectivity index (χ1) is 55.5. The van der Waals surface area contributed by atoms with Crippen LogP contribution in [0.5, 0.6) is 5.75 Å². The number of hydrazine groups is 1. The van der Waals surface area contributed by atoms with E-state index >= 15 is 0 Å². The van der Waals surface area contributed by atoms with E-state index in [2.05, 4.69) is 58.4 Å². The van der Waals surface area contributed by atoms with Crippen molar-refractivity contribution in [3.63, 3.8) is 0 Å². The van der Waals surface area contributed by atoms with Gasteiger partial charge in [-0.2, -0.15) is 0 Å². The van der Waals surface area contributed by atoms with Crippen molar-refractivity contribution in [2.24, 2.45) is 17.8 Å². The first-order valence-electron chi connectivity index (χ1n) is 38.6. The molecule has 0 bridgehead atoms. The number of aromatic nitrogens is 1. The Labute approximate surface area is 689 Å². The molecule has 1 aliphatic rings. The van der Waals surface area contributed by atoms with Crippen LogP contribution in [0.3, 0.4) is 0 Å². The summed E-state index contributed by atoms with van der Waals surface area (Å²) in [5.41, 5.74) is 6.36. The summed E-state index contributed by atoms with van der Waals surface area (Å²) in [4.78, 5) is 212. The number of urea groups is 2. The highest BCUT2D eigenvalue weighted by atomic mass is 33.1. The molecule has 0 aliphatic carbocycles. The maximum absolute atomic E-state index is 14.8. The molecular weight excluding hydrogens is 1590 g/mol. The number of benzene rings is 2. The number of aliphatic carboxylic acids is 5. The third-order valence-electron chi connectivity index (χ3n) is 18.8. The zero-order valence-electron chi connectivity index (χ0n) is 66.9. The molecule has 2 heterocycles. The number of carbonyl (C=O) groups excluding carboxylic acids is 11. The Kier molecular flexibility index (Phi) is 44.1. The van der Waals surface area contributed by atoms with Crippen molar-refractivity contribution in [3.05, 3.63) is 81.3 Å². The van der Waals surface area contributed by atoms with E-state index in [0.717, 1.165) is 24.9 Å². The Morgan fingerprint density at radius 3 is 1.90 bits per heavy atom. The fraction of sp³-hybridized carbons (Fsp3) is 0.592. The second-order valence-electron chi connectivity index (χ2n) is 28.8. The number of aryl methyl sites for hydroxylation is 1. The number of likely N-dealkylation sites (N-methyl/N-ethyl adjacent to an activating group) is 1. The van der Waals surface area contributed by atoms with Gasteiger partial charge in [0.05, 0.1) is 30.3 Å². The third-order valence-corrected chi connectivity index (χ3v) is 22.3. The molecule has 11 atom stereocenters. The normalized spacial score (nSPS) is 15.2. The van der Waals surface area contributed by atoms with Crippen LogP contribution in [-0.2, 0) is 92.8 Å². The molecule has 0 radical (unpaired) electrons. The fourth-order valence-corrected chi connectivity index (χ4v) is 15.1. The number of hydrogen-bond acceptors (Lipinski definition) is 24. The van der Waals surface area contributed by atoms with E-state index in [1.54, 1.807) is 48.4 Å². The van der Waals surface area contributed by atoms with E-state index in [1.807, 2.05) is 51.9 Å². The van der Waals surface area contributed by atoms with Crippen molar-refractivity contribution < 1.29 is 117 Å². The molecule has 648 valence electrons. The van der Waals surface area contributed by atoms with Crippen LogP contribution in [0.1, 0.15) is 177 Å². The van der Waals surface area contributed by atoms with Gasteiger partial charge in [0.2, 0.25) is 35.4 Å². The predicted octanol–water partition coefficient (Wildman–Crippen LogP) is 4.16. The van der Waals surface area contributed by atoms with E-state index in [9.17, 15) is 102 Å². The molecule has 41 heteroatoms. The minimum atomic E-state index is -1.75. The van der Waals surface area contributed by atoms with E-state index < -0.39 is 163 Å². The summed E-state index contributed by atoms with van der Waals surface area (Å²) in [5, 5.41) is 81.6. The van der Waals surface area contributed by atoms with Crippen LogP contribution in [0.25, 0.3) is 0 Å². The monoisotopic (exact) mass is 1700 g/mol. The number of esters is 1. The Morgan fingerprint density at radius 2 is 1.28 bits per heavy atom. The number of ether oxygens (including phenoxy) is 2. The second kappa shape index (κ2) is 52.2. The quantitative estimate of drug-likeness (QED) is 0.0124. The van der Waals surface area contributed by atoms with Crippen LogP contribution < -0.4 is 58.7 Å². The number of nitrogens with one attached hydrogen (secondary N) is 11. The lowest BCUT2D eigenvalue weighted by molar-refractivity contribution is -0.159. The van der Waals surface area contributed by atoms with E-state index in [0.29, 0.717) is 48.2 Å². The number of phenols is 1. The summed E-state index contributed by atoms with van der Waals surface area (Å²) >= 11 is 1.25. The molecule has 4 rings (SSSR count). The summed E-state index contributed by atoms with van der Waals surface area (Å²) in [7, 11) is 4.37. The van der Waals surface area contributed by atoms with Gasteiger partial charge in [-0.15, -0.1) is 11.3 Å². The molecule has 1 aliphatic heterocycles. The number of piperidine rings is 1. The van der Waals surface area contributed by atoms with Gasteiger partial charge in [-0.1, -0.05) is 112 Å². The summed E-state index contributed by atoms with van der Waals surface area (Å²) in [6, 6.07) is 1.30. The molecule has 1 aromatic heterocycles. The van der Waals surface area contributed by atoms with Crippen molar-refractivity contribution in [2.45, 2.75) is 225 Å². The number of hydrogen-bond donors (Lipinski definition) is 17. The van der Waals surface area contributed by atoms with Gasteiger partial charge in [-0.3, -0.25) is 63.1 Å². The van der Waals surface area contributed by atoms with Gasteiger partial charge in [0.15, 0.2) is 6.73 Å². The third kappa shape index (κ3) is 37.9. The molecule has 1 unspecified atom stereocenters. The first-order valence-corrected chi connectivity index (χ1v) is 42.0. The smallest absolute Gasteiger partial charge is 0.426 e. The standard InChI is InChI=1S/C76H112N14O24S3/c1-9-15-64(99)114-42-90(71(105)65(44(5)10-2)86-70(104)58-17-12-14-31-89(58)8)57(43(3)4)27-28-60-82-56(41-115-60)69(103)80-50(35-47-22-24-51(91)25-23-47)34-45(6)66(100)87-88-76(112)113-32-33-116-117-40-46(7)79-67(101)55(38-63(97)98)83-68(102)54(37-62(95)96)81-59(92)36-48-18-20-49(21-19-48)39-78-74(110)77-30-13-11-16-52(72(106)107)84-75(111)85-53(73(108)109)26-29-61(93)94/h18-25,41,43-46,50,52-55,57-58,65,91H,9-17,26-40,42H2,1-8H3,(H,79,101)(H,80,103)(H,81,92)(H,83,102)(H,86,104)(H,87,100)(H,88,112)(H,93,94)(H,95,96)(H,97,98)(H,106,107)(H,108,109)(H2,77,78,110)(H2,84,85,111)/t44?,45-,46+,50+,52-,53-,54-,55-,57+,58+,65-/m0/s1. The van der Waals surface area contributed by atoms with Crippen molar-refractivity contribution >= 4 is 128 Å². The predicted molar refractivity (Wildman–Crippen MR) is 429 cm³/mol. The first kappa shape index (κ1) is 98.8. The molecule has 38 nitrogen and oxygen atoms in total. The molecule has 117 heavy (non-hydrogen) atoms. The molecule has 0 spiro atoms. The molecule has 1 fully saturated rings.